The molecule has 0 saturated carbocycles. The Morgan fingerprint density at radius 1 is 0.853 bits per heavy atom. The van der Waals surface area contributed by atoms with E-state index in [0.29, 0.717) is 54.4 Å². The molecule has 5 rings (SSSR count). The maximum Gasteiger partial charge on any atom is 0.260 e. The van der Waals surface area contributed by atoms with Crippen molar-refractivity contribution < 1.29 is 23.9 Å². The standard InChI is InChI=1S/C27H24N2O5/c30-24(29-14-16-33-17-15-29)18-34-21-12-10-20(11-13-21)28-27(19-6-2-1-3-7-19)25(31)22-8-4-5-9-23(22)26(27)32/h1-13,28H,14-18H2. The summed E-state index contributed by atoms with van der Waals surface area (Å²) in [6.45, 7) is 2.15. The Bertz CT molecular complexity index is 1180. The van der Waals surface area contributed by atoms with Crippen LogP contribution in [0.4, 0.5) is 5.69 Å². The number of benzene rings is 3. The molecule has 1 N–H and O–H groups in total. The fourth-order valence-electron chi connectivity index (χ4n) is 4.42. The van der Waals surface area contributed by atoms with Gasteiger partial charge in [-0.1, -0.05) is 54.6 Å². The summed E-state index contributed by atoms with van der Waals surface area (Å²) >= 11 is 0. The minimum absolute atomic E-state index is 0.0625. The first-order chi connectivity index (χ1) is 16.6. The van der Waals surface area contributed by atoms with Gasteiger partial charge in [-0.25, -0.2) is 0 Å². The van der Waals surface area contributed by atoms with Crippen molar-refractivity contribution in [3.05, 3.63) is 95.6 Å². The third-order valence-electron chi connectivity index (χ3n) is 6.22. The topological polar surface area (TPSA) is 84.9 Å². The molecule has 1 aliphatic carbocycles. The maximum atomic E-state index is 13.6. The number of carbonyl (C=O) groups excluding carboxylic acids is 3. The number of carbonyl (C=O) groups is 3. The summed E-state index contributed by atoms with van der Waals surface area (Å²) < 4.78 is 10.9. The second-order valence-electron chi connectivity index (χ2n) is 8.25. The predicted octanol–water partition coefficient (Wildman–Crippen LogP) is 3.31. The molecule has 34 heavy (non-hydrogen) atoms. The molecule has 3 aromatic carbocycles. The largest absolute Gasteiger partial charge is 0.484 e. The third kappa shape index (κ3) is 3.84. The summed E-state index contributed by atoms with van der Waals surface area (Å²) in [7, 11) is 0. The number of Topliss-reactive ketones (excluding diaryl/α,β-unsaturated/α-hetero) is 2. The van der Waals surface area contributed by atoms with Crippen molar-refractivity contribution in [3.63, 3.8) is 0 Å². The molecule has 1 fully saturated rings. The van der Waals surface area contributed by atoms with E-state index in [-0.39, 0.29) is 24.1 Å². The normalized spacial score (nSPS) is 16.8. The summed E-state index contributed by atoms with van der Waals surface area (Å²) in [4.78, 5) is 41.2. The van der Waals surface area contributed by atoms with Crippen LogP contribution in [0.1, 0.15) is 26.3 Å². The van der Waals surface area contributed by atoms with E-state index in [9.17, 15) is 14.4 Å². The van der Waals surface area contributed by atoms with E-state index < -0.39 is 5.54 Å². The van der Waals surface area contributed by atoms with Gasteiger partial charge in [0.15, 0.2) is 12.1 Å². The van der Waals surface area contributed by atoms with Gasteiger partial charge in [0.05, 0.1) is 13.2 Å². The number of nitrogens with one attached hydrogen (secondary N) is 1. The maximum absolute atomic E-state index is 13.6. The SMILES string of the molecule is O=C(COc1ccc(NC2(c3ccccc3)C(=O)c3ccccc3C2=O)cc1)N1CCOCC1. The van der Waals surface area contributed by atoms with Gasteiger partial charge in [0, 0.05) is 29.9 Å². The number of hydrogen-bond donors (Lipinski definition) is 1. The highest BCUT2D eigenvalue weighted by Gasteiger charge is 2.54. The van der Waals surface area contributed by atoms with Crippen molar-refractivity contribution in [2.24, 2.45) is 0 Å². The number of ether oxygens (including phenoxy) is 2. The minimum Gasteiger partial charge on any atom is -0.484 e. The van der Waals surface area contributed by atoms with Gasteiger partial charge in [-0.2, -0.15) is 0 Å². The van der Waals surface area contributed by atoms with Crippen LogP contribution in [0.2, 0.25) is 0 Å². The lowest BCUT2D eigenvalue weighted by atomic mass is 9.84. The Kier molecular flexibility index (Phi) is 5.86. The van der Waals surface area contributed by atoms with Crippen LogP contribution >= 0.6 is 0 Å². The van der Waals surface area contributed by atoms with Crippen LogP contribution in [-0.4, -0.2) is 55.3 Å². The number of fused-ring (bicyclic) bond motifs is 1. The number of rotatable bonds is 6. The van der Waals surface area contributed by atoms with E-state index in [1.807, 2.05) is 18.2 Å². The van der Waals surface area contributed by atoms with Gasteiger partial charge in [-0.15, -0.1) is 0 Å². The summed E-state index contributed by atoms with van der Waals surface area (Å²) in [6.07, 6.45) is 0. The van der Waals surface area contributed by atoms with Gasteiger partial charge in [-0.05, 0) is 29.8 Å². The van der Waals surface area contributed by atoms with Crippen molar-refractivity contribution in [3.8, 4) is 5.75 Å². The molecule has 1 heterocycles. The molecule has 2 aliphatic rings. The first-order valence-corrected chi connectivity index (χ1v) is 11.2. The molecule has 1 amide bonds. The fraction of sp³-hybridized carbons (Fsp3) is 0.222. The highest BCUT2D eigenvalue weighted by Crippen LogP contribution is 2.40. The summed E-state index contributed by atoms with van der Waals surface area (Å²) in [5, 5.41) is 3.22. The van der Waals surface area contributed by atoms with Crippen LogP contribution in [0, 0.1) is 0 Å². The van der Waals surface area contributed by atoms with E-state index in [2.05, 4.69) is 5.32 Å². The number of anilines is 1. The van der Waals surface area contributed by atoms with Crippen LogP contribution in [0.3, 0.4) is 0 Å². The highest BCUT2D eigenvalue weighted by molar-refractivity contribution is 6.34. The summed E-state index contributed by atoms with van der Waals surface area (Å²) in [5.41, 5.74) is 0.443. The number of amides is 1. The average molecular weight is 456 g/mol. The molecule has 1 saturated heterocycles. The molecule has 7 nitrogen and oxygen atoms in total. The van der Waals surface area contributed by atoms with E-state index in [1.165, 1.54) is 0 Å². The monoisotopic (exact) mass is 456 g/mol. The van der Waals surface area contributed by atoms with Crippen LogP contribution in [0.25, 0.3) is 0 Å². The highest BCUT2D eigenvalue weighted by atomic mass is 16.5. The van der Waals surface area contributed by atoms with Gasteiger partial charge in [0.25, 0.3) is 5.91 Å². The molecule has 0 spiro atoms. The summed E-state index contributed by atoms with van der Waals surface area (Å²) in [6, 6.07) is 22.8. The number of morpholine rings is 1. The van der Waals surface area contributed by atoms with Gasteiger partial charge >= 0.3 is 0 Å². The number of ketones is 2. The molecule has 0 bridgehead atoms. The Morgan fingerprint density at radius 2 is 1.44 bits per heavy atom. The molecular formula is C27H24N2O5. The Hall–Kier alpha value is -3.97. The van der Waals surface area contributed by atoms with Gasteiger partial charge in [-0.3, -0.25) is 14.4 Å². The Balaban J connectivity index is 1.36. The van der Waals surface area contributed by atoms with Crippen molar-refractivity contribution in [2.45, 2.75) is 5.54 Å². The zero-order valence-electron chi connectivity index (χ0n) is 18.5. The lowest BCUT2D eigenvalue weighted by Gasteiger charge is -2.29. The lowest BCUT2D eigenvalue weighted by Crippen LogP contribution is -2.46. The zero-order chi connectivity index (χ0) is 23.5. The molecule has 0 aromatic heterocycles. The Labute approximate surface area is 197 Å². The average Bonchev–Trinajstić information content (AvgIpc) is 3.11. The van der Waals surface area contributed by atoms with Gasteiger partial charge in [0.1, 0.15) is 5.75 Å². The fourth-order valence-corrected chi connectivity index (χ4v) is 4.42. The molecule has 7 heteroatoms. The molecule has 3 aromatic rings. The van der Waals surface area contributed by atoms with Crippen molar-refractivity contribution in [2.75, 3.05) is 38.2 Å². The van der Waals surface area contributed by atoms with Crippen molar-refractivity contribution in [1.29, 1.82) is 0 Å². The molecule has 1 aliphatic heterocycles. The molecule has 172 valence electrons. The first-order valence-electron chi connectivity index (χ1n) is 11.2. The summed E-state index contributed by atoms with van der Waals surface area (Å²) in [5.74, 6) is -0.131. The molecule has 0 unspecified atom stereocenters. The van der Waals surface area contributed by atoms with Crippen molar-refractivity contribution >= 4 is 23.2 Å². The smallest absolute Gasteiger partial charge is 0.260 e. The second kappa shape index (κ2) is 9.11. The molecular weight excluding hydrogens is 432 g/mol. The second-order valence-corrected chi connectivity index (χ2v) is 8.25. The van der Waals surface area contributed by atoms with Crippen molar-refractivity contribution in [1.82, 2.24) is 4.90 Å². The third-order valence-corrected chi connectivity index (χ3v) is 6.22. The van der Waals surface area contributed by atoms with Gasteiger partial charge < -0.3 is 19.7 Å². The predicted molar refractivity (Wildman–Crippen MR) is 126 cm³/mol. The van der Waals surface area contributed by atoms with E-state index >= 15 is 0 Å². The van der Waals surface area contributed by atoms with Crippen LogP contribution in [0.15, 0.2) is 78.9 Å². The van der Waals surface area contributed by atoms with Crippen LogP contribution in [0.5, 0.6) is 5.75 Å². The van der Waals surface area contributed by atoms with E-state index in [0.717, 1.165) is 0 Å². The lowest BCUT2D eigenvalue weighted by molar-refractivity contribution is -0.137. The minimum atomic E-state index is -1.54. The van der Waals surface area contributed by atoms with Gasteiger partial charge in [0.2, 0.25) is 11.6 Å². The first kappa shape index (κ1) is 21.9. The van der Waals surface area contributed by atoms with Crippen LogP contribution in [-0.2, 0) is 15.1 Å². The molecule has 0 radical (unpaired) electrons. The molecule has 0 atom stereocenters. The quantitative estimate of drug-likeness (QED) is 0.573. The Morgan fingerprint density at radius 3 is 2.06 bits per heavy atom. The number of nitrogens with zero attached hydrogens (tertiary/aromatic N) is 1. The van der Waals surface area contributed by atoms with E-state index in [4.69, 9.17) is 9.47 Å². The zero-order valence-corrected chi connectivity index (χ0v) is 18.5. The number of hydrogen-bond acceptors (Lipinski definition) is 6. The van der Waals surface area contributed by atoms with Crippen LogP contribution < -0.4 is 10.1 Å². The van der Waals surface area contributed by atoms with E-state index in [1.54, 1.807) is 65.6 Å².